The zero-order valence-corrected chi connectivity index (χ0v) is 12.3. The van der Waals surface area contributed by atoms with Crippen LogP contribution in [0.1, 0.15) is 30.9 Å². The second-order valence-corrected chi connectivity index (χ2v) is 5.47. The van der Waals surface area contributed by atoms with Gasteiger partial charge in [-0.1, -0.05) is 19.1 Å². The maximum absolute atomic E-state index is 10.9. The van der Waals surface area contributed by atoms with Crippen molar-refractivity contribution in [2.75, 3.05) is 19.6 Å². The minimum atomic E-state index is -0.307. The first-order valence-electron chi connectivity index (χ1n) is 7.29. The lowest BCUT2D eigenvalue weighted by molar-refractivity contribution is -0.385. The first kappa shape index (κ1) is 14.9. The maximum atomic E-state index is 10.9. The Kier molecular flexibility index (Phi) is 5.09. The van der Waals surface area contributed by atoms with E-state index in [-0.39, 0.29) is 10.6 Å². The van der Waals surface area contributed by atoms with E-state index in [0.717, 1.165) is 43.6 Å². The van der Waals surface area contributed by atoms with Gasteiger partial charge in [-0.2, -0.15) is 0 Å². The molecule has 1 fully saturated rings. The molecule has 1 aliphatic heterocycles. The van der Waals surface area contributed by atoms with Crippen molar-refractivity contribution in [2.24, 2.45) is 0 Å². The molecular formula is C15H23N3O2. The van der Waals surface area contributed by atoms with Crippen LogP contribution in [-0.4, -0.2) is 35.5 Å². The molecule has 0 radical (unpaired) electrons. The van der Waals surface area contributed by atoms with Gasteiger partial charge in [-0.3, -0.25) is 10.1 Å². The molecule has 1 aromatic carbocycles. The van der Waals surface area contributed by atoms with Crippen LogP contribution in [0.3, 0.4) is 0 Å². The Morgan fingerprint density at radius 2 is 2.10 bits per heavy atom. The third-order valence-electron chi connectivity index (χ3n) is 4.10. The van der Waals surface area contributed by atoms with Crippen molar-refractivity contribution in [2.45, 2.75) is 39.3 Å². The number of nitro benzene ring substituents is 1. The van der Waals surface area contributed by atoms with Crippen molar-refractivity contribution >= 4 is 5.69 Å². The number of likely N-dealkylation sites (tertiary alicyclic amines) is 1. The molecule has 0 aromatic heterocycles. The molecule has 5 nitrogen and oxygen atoms in total. The van der Waals surface area contributed by atoms with Crippen LogP contribution in [-0.2, 0) is 6.54 Å². The molecule has 1 aliphatic rings. The Balaban J connectivity index is 1.88. The third kappa shape index (κ3) is 3.77. The predicted molar refractivity (Wildman–Crippen MR) is 79.8 cm³/mol. The maximum Gasteiger partial charge on any atom is 0.272 e. The van der Waals surface area contributed by atoms with E-state index < -0.39 is 0 Å². The summed E-state index contributed by atoms with van der Waals surface area (Å²) in [6.45, 7) is 8.08. The van der Waals surface area contributed by atoms with Crippen molar-refractivity contribution in [3.8, 4) is 0 Å². The van der Waals surface area contributed by atoms with Gasteiger partial charge in [-0.15, -0.1) is 0 Å². The van der Waals surface area contributed by atoms with Gasteiger partial charge in [-0.25, -0.2) is 0 Å². The van der Waals surface area contributed by atoms with E-state index in [1.165, 1.54) is 0 Å². The lowest BCUT2D eigenvalue weighted by atomic mass is 10.0. The molecule has 0 amide bonds. The summed E-state index contributed by atoms with van der Waals surface area (Å²) >= 11 is 0. The summed E-state index contributed by atoms with van der Waals surface area (Å²) in [6, 6.07) is 6.01. The summed E-state index contributed by atoms with van der Waals surface area (Å²) in [5.41, 5.74) is 1.92. The number of aryl methyl sites for hydroxylation is 1. The zero-order chi connectivity index (χ0) is 14.5. The van der Waals surface area contributed by atoms with E-state index >= 15 is 0 Å². The number of hydrogen-bond donors (Lipinski definition) is 1. The number of hydrogen-bond acceptors (Lipinski definition) is 4. The van der Waals surface area contributed by atoms with Gasteiger partial charge in [-0.05, 0) is 45.0 Å². The zero-order valence-electron chi connectivity index (χ0n) is 12.3. The molecule has 0 bridgehead atoms. The monoisotopic (exact) mass is 277 g/mol. The number of nitrogens with one attached hydrogen (secondary N) is 1. The summed E-state index contributed by atoms with van der Waals surface area (Å²) in [6.07, 6.45) is 2.31. The van der Waals surface area contributed by atoms with Crippen LogP contribution in [0.15, 0.2) is 18.2 Å². The summed E-state index contributed by atoms with van der Waals surface area (Å²) in [5.74, 6) is 0. The standard InChI is InChI=1S/C15H23N3O2/c1-3-17-8-6-14(7-9-17)16-11-13-5-4-12(2)15(10-13)18(19)20/h4-5,10,14,16H,3,6-9,11H2,1-2H3. The Hall–Kier alpha value is -1.46. The Morgan fingerprint density at radius 3 is 2.70 bits per heavy atom. The minimum Gasteiger partial charge on any atom is -0.310 e. The van der Waals surface area contributed by atoms with Crippen molar-refractivity contribution in [1.29, 1.82) is 0 Å². The molecule has 110 valence electrons. The molecule has 5 heteroatoms. The van der Waals surface area contributed by atoms with Crippen LogP contribution < -0.4 is 5.32 Å². The fourth-order valence-electron chi connectivity index (χ4n) is 2.68. The summed E-state index contributed by atoms with van der Waals surface area (Å²) in [7, 11) is 0. The molecule has 0 saturated carbocycles. The smallest absolute Gasteiger partial charge is 0.272 e. The summed E-state index contributed by atoms with van der Waals surface area (Å²) < 4.78 is 0. The van der Waals surface area contributed by atoms with Crippen LogP contribution >= 0.6 is 0 Å². The Morgan fingerprint density at radius 1 is 1.40 bits per heavy atom. The first-order chi connectivity index (χ1) is 9.60. The number of nitro groups is 1. The molecule has 2 rings (SSSR count). The van der Waals surface area contributed by atoms with Crippen LogP contribution in [0.5, 0.6) is 0 Å². The summed E-state index contributed by atoms with van der Waals surface area (Å²) in [5, 5.41) is 14.4. The van der Waals surface area contributed by atoms with Gasteiger partial charge < -0.3 is 10.2 Å². The molecule has 20 heavy (non-hydrogen) atoms. The number of benzene rings is 1. The quantitative estimate of drug-likeness (QED) is 0.663. The van der Waals surface area contributed by atoms with E-state index in [1.807, 2.05) is 12.1 Å². The van der Waals surface area contributed by atoms with Crippen molar-refractivity contribution < 1.29 is 4.92 Å². The van der Waals surface area contributed by atoms with E-state index in [1.54, 1.807) is 13.0 Å². The molecule has 1 heterocycles. The van der Waals surface area contributed by atoms with Crippen molar-refractivity contribution in [1.82, 2.24) is 10.2 Å². The number of rotatable bonds is 5. The second-order valence-electron chi connectivity index (χ2n) is 5.47. The fourth-order valence-corrected chi connectivity index (χ4v) is 2.68. The van der Waals surface area contributed by atoms with Crippen molar-refractivity contribution in [3.05, 3.63) is 39.4 Å². The van der Waals surface area contributed by atoms with E-state index in [0.29, 0.717) is 12.6 Å². The van der Waals surface area contributed by atoms with E-state index in [4.69, 9.17) is 0 Å². The van der Waals surface area contributed by atoms with Gasteiger partial charge in [0.25, 0.3) is 5.69 Å². The van der Waals surface area contributed by atoms with Gasteiger partial charge in [0.2, 0.25) is 0 Å². The van der Waals surface area contributed by atoms with Gasteiger partial charge in [0, 0.05) is 24.2 Å². The number of piperidine rings is 1. The lowest BCUT2D eigenvalue weighted by Crippen LogP contribution is -2.42. The normalized spacial score (nSPS) is 17.3. The molecule has 0 aliphatic carbocycles. The van der Waals surface area contributed by atoms with Gasteiger partial charge >= 0.3 is 0 Å². The largest absolute Gasteiger partial charge is 0.310 e. The topological polar surface area (TPSA) is 58.4 Å². The SMILES string of the molecule is CCN1CCC(NCc2ccc(C)c([N+](=O)[O-])c2)CC1. The Bertz CT molecular complexity index is 468. The fraction of sp³-hybridized carbons (Fsp3) is 0.600. The second kappa shape index (κ2) is 6.81. The molecule has 1 aromatic rings. The predicted octanol–water partition coefficient (Wildman–Crippen LogP) is 2.48. The van der Waals surface area contributed by atoms with Gasteiger partial charge in [0.15, 0.2) is 0 Å². The van der Waals surface area contributed by atoms with Crippen molar-refractivity contribution in [3.63, 3.8) is 0 Å². The first-order valence-corrected chi connectivity index (χ1v) is 7.29. The highest BCUT2D eigenvalue weighted by atomic mass is 16.6. The molecule has 0 unspecified atom stereocenters. The Labute approximate surface area is 120 Å². The third-order valence-corrected chi connectivity index (χ3v) is 4.10. The molecule has 0 atom stereocenters. The van der Waals surface area contributed by atoms with E-state index in [2.05, 4.69) is 17.1 Å². The van der Waals surface area contributed by atoms with Gasteiger partial charge in [0.05, 0.1) is 4.92 Å². The van der Waals surface area contributed by atoms with Crippen LogP contribution in [0.4, 0.5) is 5.69 Å². The highest BCUT2D eigenvalue weighted by molar-refractivity contribution is 5.42. The van der Waals surface area contributed by atoms with E-state index in [9.17, 15) is 10.1 Å². The summed E-state index contributed by atoms with van der Waals surface area (Å²) in [4.78, 5) is 13.1. The molecule has 0 spiro atoms. The highest BCUT2D eigenvalue weighted by Crippen LogP contribution is 2.19. The molecule has 1 N–H and O–H groups in total. The van der Waals surface area contributed by atoms with Gasteiger partial charge in [0.1, 0.15) is 0 Å². The van der Waals surface area contributed by atoms with Crippen LogP contribution in [0.2, 0.25) is 0 Å². The average molecular weight is 277 g/mol. The average Bonchev–Trinajstić information content (AvgIpc) is 2.46. The minimum absolute atomic E-state index is 0.213. The lowest BCUT2D eigenvalue weighted by Gasteiger charge is -2.31. The highest BCUT2D eigenvalue weighted by Gasteiger charge is 2.18. The number of nitrogens with zero attached hydrogens (tertiary/aromatic N) is 2. The molecular weight excluding hydrogens is 254 g/mol. The van der Waals surface area contributed by atoms with Crippen LogP contribution in [0.25, 0.3) is 0 Å². The van der Waals surface area contributed by atoms with Crippen LogP contribution in [0, 0.1) is 17.0 Å². The molecule has 1 saturated heterocycles.